The molecule has 5 heteroatoms. The number of carbonyl (C=O) groups excluding carboxylic acids is 1. The summed E-state index contributed by atoms with van der Waals surface area (Å²) in [5.41, 5.74) is 0.618. The zero-order valence-corrected chi connectivity index (χ0v) is 13.5. The Hall–Kier alpha value is -1.13. The van der Waals surface area contributed by atoms with Gasteiger partial charge in [0.05, 0.1) is 0 Å². The first-order chi connectivity index (χ1) is 9.59. The molecule has 1 saturated heterocycles. The third-order valence-electron chi connectivity index (χ3n) is 4.11. The van der Waals surface area contributed by atoms with Crippen LogP contribution in [0.3, 0.4) is 0 Å². The fourth-order valence-corrected chi connectivity index (χ4v) is 2.80. The predicted molar refractivity (Wildman–Crippen MR) is 85.2 cm³/mol. The molecule has 1 aliphatic rings. The highest BCUT2D eigenvalue weighted by Gasteiger charge is 2.25. The monoisotopic (exact) mass is 314 g/mol. The molecule has 0 spiro atoms. The molecule has 0 aromatic heterocycles. The molecule has 21 heavy (non-hydrogen) atoms. The van der Waals surface area contributed by atoms with Crippen molar-refractivity contribution < 1.29 is 9.18 Å². The lowest BCUT2D eigenvalue weighted by Gasteiger charge is -2.33. The molecule has 1 aliphatic heterocycles. The molecule has 1 aromatic rings. The van der Waals surface area contributed by atoms with E-state index in [-0.39, 0.29) is 30.0 Å². The quantitative estimate of drug-likeness (QED) is 0.926. The maximum absolute atomic E-state index is 13.6. The Morgan fingerprint density at radius 2 is 2.00 bits per heavy atom. The van der Waals surface area contributed by atoms with Gasteiger partial charge in [-0.3, -0.25) is 4.79 Å². The van der Waals surface area contributed by atoms with E-state index in [0.717, 1.165) is 25.9 Å². The van der Waals surface area contributed by atoms with Crippen molar-refractivity contribution in [3.05, 3.63) is 35.6 Å². The molecule has 2 rings (SSSR count). The highest BCUT2D eigenvalue weighted by atomic mass is 35.5. The minimum absolute atomic E-state index is 0. The molecule has 3 nitrogen and oxygen atoms in total. The van der Waals surface area contributed by atoms with Gasteiger partial charge in [0.2, 0.25) is 5.91 Å². The van der Waals surface area contributed by atoms with Crippen molar-refractivity contribution >= 4 is 18.3 Å². The number of hydrogen-bond donors (Lipinski definition) is 1. The number of piperidine rings is 1. The number of halogens is 2. The minimum Gasteiger partial charge on any atom is -0.342 e. The second-order valence-corrected chi connectivity index (χ2v) is 5.63. The van der Waals surface area contributed by atoms with Crippen LogP contribution < -0.4 is 5.32 Å². The maximum atomic E-state index is 13.6. The standard InChI is InChI=1S/C16H23FN2O.ClH/c1-12(11-13-5-3-4-6-15(13)17)16(20)19(2)14-7-9-18-10-8-14;/h3-6,12,14,18H,7-11H2,1-2H3;1H. The van der Waals surface area contributed by atoms with Crippen LogP contribution in [0.2, 0.25) is 0 Å². The highest BCUT2D eigenvalue weighted by molar-refractivity contribution is 5.85. The lowest BCUT2D eigenvalue weighted by atomic mass is 9.97. The SMILES string of the molecule is CC(Cc1ccccc1F)C(=O)N(C)C1CCNCC1.Cl. The topological polar surface area (TPSA) is 32.3 Å². The first kappa shape index (κ1) is 17.9. The van der Waals surface area contributed by atoms with Gasteiger partial charge in [0, 0.05) is 19.0 Å². The average molecular weight is 315 g/mol. The number of hydrogen-bond acceptors (Lipinski definition) is 2. The van der Waals surface area contributed by atoms with Gasteiger partial charge in [0.1, 0.15) is 5.82 Å². The first-order valence-electron chi connectivity index (χ1n) is 7.30. The van der Waals surface area contributed by atoms with Crippen LogP contribution in [0.5, 0.6) is 0 Å². The lowest BCUT2D eigenvalue weighted by Crippen LogP contribution is -2.46. The number of carbonyl (C=O) groups is 1. The van der Waals surface area contributed by atoms with E-state index in [9.17, 15) is 9.18 Å². The highest BCUT2D eigenvalue weighted by Crippen LogP contribution is 2.17. The largest absolute Gasteiger partial charge is 0.342 e. The number of benzene rings is 1. The van der Waals surface area contributed by atoms with Gasteiger partial charge >= 0.3 is 0 Å². The Labute approximate surface area is 132 Å². The predicted octanol–water partition coefficient (Wildman–Crippen LogP) is 2.64. The van der Waals surface area contributed by atoms with Crippen molar-refractivity contribution in [3.8, 4) is 0 Å². The molecule has 0 aliphatic carbocycles. The molecule has 1 heterocycles. The fraction of sp³-hybridized carbons (Fsp3) is 0.562. The van der Waals surface area contributed by atoms with Crippen molar-refractivity contribution in [1.29, 1.82) is 0 Å². The number of nitrogens with one attached hydrogen (secondary N) is 1. The summed E-state index contributed by atoms with van der Waals surface area (Å²) in [4.78, 5) is 14.3. The summed E-state index contributed by atoms with van der Waals surface area (Å²) in [6.45, 7) is 3.81. The van der Waals surface area contributed by atoms with E-state index in [0.29, 0.717) is 18.0 Å². The molecule has 1 unspecified atom stereocenters. The van der Waals surface area contributed by atoms with Gasteiger partial charge < -0.3 is 10.2 Å². The zero-order valence-electron chi connectivity index (χ0n) is 12.6. The Balaban J connectivity index is 0.00000220. The molecule has 1 atom stereocenters. The van der Waals surface area contributed by atoms with Gasteiger partial charge in [0.25, 0.3) is 0 Å². The average Bonchev–Trinajstić information content (AvgIpc) is 2.49. The molecule has 1 aromatic carbocycles. The molecular weight excluding hydrogens is 291 g/mol. The number of rotatable bonds is 4. The fourth-order valence-electron chi connectivity index (χ4n) is 2.80. The van der Waals surface area contributed by atoms with Crippen LogP contribution in [0, 0.1) is 11.7 Å². The van der Waals surface area contributed by atoms with E-state index in [1.807, 2.05) is 24.9 Å². The van der Waals surface area contributed by atoms with Crippen LogP contribution in [0.4, 0.5) is 4.39 Å². The molecule has 0 saturated carbocycles. The van der Waals surface area contributed by atoms with Crippen LogP contribution in [0.25, 0.3) is 0 Å². The summed E-state index contributed by atoms with van der Waals surface area (Å²) >= 11 is 0. The maximum Gasteiger partial charge on any atom is 0.225 e. The summed E-state index contributed by atoms with van der Waals surface area (Å²) in [6, 6.07) is 7.00. The van der Waals surface area contributed by atoms with E-state index in [1.54, 1.807) is 12.1 Å². The Morgan fingerprint density at radius 3 is 2.62 bits per heavy atom. The molecule has 1 fully saturated rings. The summed E-state index contributed by atoms with van der Waals surface area (Å²) in [6.07, 6.45) is 2.45. The van der Waals surface area contributed by atoms with E-state index < -0.39 is 0 Å². The van der Waals surface area contributed by atoms with E-state index in [2.05, 4.69) is 5.32 Å². The molecule has 1 amide bonds. The third-order valence-corrected chi connectivity index (χ3v) is 4.11. The second kappa shape index (κ2) is 8.35. The normalized spacial score (nSPS) is 16.9. The minimum atomic E-state index is -0.225. The van der Waals surface area contributed by atoms with Gasteiger partial charge in [-0.15, -0.1) is 12.4 Å². The van der Waals surface area contributed by atoms with Crippen molar-refractivity contribution in [3.63, 3.8) is 0 Å². The van der Waals surface area contributed by atoms with Crippen molar-refractivity contribution in [2.45, 2.75) is 32.2 Å². The van der Waals surface area contributed by atoms with Gasteiger partial charge in [-0.25, -0.2) is 4.39 Å². The summed E-state index contributed by atoms with van der Waals surface area (Å²) in [5, 5.41) is 3.30. The van der Waals surface area contributed by atoms with Crippen LogP contribution in [-0.4, -0.2) is 37.0 Å². The van der Waals surface area contributed by atoms with Crippen LogP contribution in [0.1, 0.15) is 25.3 Å². The van der Waals surface area contributed by atoms with Crippen LogP contribution in [0.15, 0.2) is 24.3 Å². The van der Waals surface area contributed by atoms with Gasteiger partial charge in [-0.2, -0.15) is 0 Å². The lowest BCUT2D eigenvalue weighted by molar-refractivity contribution is -0.136. The van der Waals surface area contributed by atoms with E-state index >= 15 is 0 Å². The molecule has 118 valence electrons. The summed E-state index contributed by atoms with van der Waals surface area (Å²) in [7, 11) is 1.87. The molecule has 1 N–H and O–H groups in total. The Bertz CT molecular complexity index is 463. The van der Waals surface area contributed by atoms with Gasteiger partial charge in [-0.1, -0.05) is 25.1 Å². The van der Waals surface area contributed by atoms with Crippen LogP contribution >= 0.6 is 12.4 Å². The van der Waals surface area contributed by atoms with Crippen molar-refractivity contribution in [2.75, 3.05) is 20.1 Å². The van der Waals surface area contributed by atoms with E-state index in [1.165, 1.54) is 6.07 Å². The third kappa shape index (κ3) is 4.68. The smallest absolute Gasteiger partial charge is 0.225 e. The Morgan fingerprint density at radius 1 is 1.38 bits per heavy atom. The summed E-state index contributed by atoms with van der Waals surface area (Å²) in [5.74, 6) is -0.302. The molecular formula is C16H24ClFN2O. The molecule has 0 bridgehead atoms. The summed E-state index contributed by atoms with van der Waals surface area (Å²) < 4.78 is 13.6. The first-order valence-corrected chi connectivity index (χ1v) is 7.30. The Kier molecular flexibility index (Phi) is 7.12. The zero-order chi connectivity index (χ0) is 14.5. The van der Waals surface area contributed by atoms with Crippen LogP contribution in [-0.2, 0) is 11.2 Å². The van der Waals surface area contributed by atoms with Gasteiger partial charge in [0.15, 0.2) is 0 Å². The number of amides is 1. The second-order valence-electron chi connectivity index (χ2n) is 5.63. The van der Waals surface area contributed by atoms with Crippen molar-refractivity contribution in [2.24, 2.45) is 5.92 Å². The van der Waals surface area contributed by atoms with E-state index in [4.69, 9.17) is 0 Å². The van der Waals surface area contributed by atoms with Crippen molar-refractivity contribution in [1.82, 2.24) is 10.2 Å². The van der Waals surface area contributed by atoms with Gasteiger partial charge in [-0.05, 0) is 44.0 Å². The molecule has 0 radical (unpaired) electrons. The number of nitrogens with zero attached hydrogens (tertiary/aromatic N) is 1.